The first-order valence-corrected chi connectivity index (χ1v) is 6.52. The smallest absolute Gasteiger partial charge is 0.335 e. The molecule has 6 heteroatoms. The number of piperidine rings is 1. The fourth-order valence-corrected chi connectivity index (χ4v) is 2.50. The normalized spacial score (nSPS) is 19.7. The van der Waals surface area contributed by atoms with Crippen molar-refractivity contribution >= 4 is 11.6 Å². The molecular weight excluding hydrogens is 244 g/mol. The summed E-state index contributed by atoms with van der Waals surface area (Å²) in [5.74, 6) is 0.421. The van der Waals surface area contributed by atoms with Crippen molar-refractivity contribution in [1.82, 2.24) is 19.9 Å². The molecule has 1 fully saturated rings. The fourth-order valence-electron chi connectivity index (χ4n) is 2.50. The summed E-state index contributed by atoms with van der Waals surface area (Å²) in [6.07, 6.45) is 4.88. The van der Waals surface area contributed by atoms with E-state index >= 15 is 0 Å². The highest BCUT2D eigenvalue weighted by molar-refractivity contribution is 5.88. The molecule has 6 nitrogen and oxygen atoms in total. The molecule has 2 aromatic rings. The van der Waals surface area contributed by atoms with Crippen molar-refractivity contribution in [2.45, 2.75) is 19.3 Å². The van der Waals surface area contributed by atoms with Crippen LogP contribution < -0.4 is 5.32 Å². The molecule has 1 unspecified atom stereocenters. The molecule has 0 bridgehead atoms. The average molecular weight is 260 g/mol. The molecule has 0 amide bonds. The summed E-state index contributed by atoms with van der Waals surface area (Å²) in [6, 6.07) is 3.09. The van der Waals surface area contributed by atoms with E-state index in [1.54, 1.807) is 16.8 Å². The number of carboxylic acid groups (broad SMARTS) is 1. The van der Waals surface area contributed by atoms with Gasteiger partial charge in [0.1, 0.15) is 0 Å². The second kappa shape index (κ2) is 4.97. The first kappa shape index (κ1) is 12.1. The van der Waals surface area contributed by atoms with Gasteiger partial charge in [-0.2, -0.15) is 5.10 Å². The Kier molecular flexibility index (Phi) is 3.16. The minimum Gasteiger partial charge on any atom is -0.478 e. The number of hydrogen-bond acceptors (Lipinski definition) is 4. The third kappa shape index (κ3) is 2.58. The SMILES string of the molecule is O=C(O)c1ccn2nc(CC3CCCNC3)nc2c1. The molecular formula is C13H16N4O2. The Labute approximate surface area is 110 Å². The molecule has 2 aromatic heterocycles. The summed E-state index contributed by atoms with van der Waals surface area (Å²) < 4.78 is 1.64. The first-order valence-electron chi connectivity index (χ1n) is 6.52. The Morgan fingerprint density at radius 3 is 3.21 bits per heavy atom. The number of carboxylic acids is 1. The topological polar surface area (TPSA) is 79.5 Å². The van der Waals surface area contributed by atoms with Crippen molar-refractivity contribution in [3.8, 4) is 0 Å². The number of hydrogen-bond donors (Lipinski definition) is 2. The third-order valence-corrected chi connectivity index (χ3v) is 3.50. The number of pyridine rings is 1. The number of nitrogens with zero attached hydrogens (tertiary/aromatic N) is 3. The van der Waals surface area contributed by atoms with Gasteiger partial charge in [0.05, 0.1) is 5.56 Å². The van der Waals surface area contributed by atoms with Crippen LogP contribution in [-0.4, -0.2) is 38.8 Å². The maximum Gasteiger partial charge on any atom is 0.335 e. The number of aromatic carboxylic acids is 1. The molecule has 1 aliphatic rings. The standard InChI is InChI=1S/C13H16N4O2/c18-13(19)10-3-5-17-12(7-10)15-11(16-17)6-9-2-1-4-14-8-9/h3,5,7,9,14H,1-2,4,6,8H2,(H,18,19). The quantitative estimate of drug-likeness (QED) is 0.859. The second-order valence-corrected chi connectivity index (χ2v) is 4.97. The molecule has 1 saturated heterocycles. The van der Waals surface area contributed by atoms with Crippen LogP contribution in [0.4, 0.5) is 0 Å². The number of fused-ring (bicyclic) bond motifs is 1. The summed E-state index contributed by atoms with van der Waals surface area (Å²) in [7, 11) is 0. The Bertz CT molecular complexity index is 602. The molecule has 1 aliphatic heterocycles. The van der Waals surface area contributed by atoms with E-state index in [-0.39, 0.29) is 5.56 Å². The van der Waals surface area contributed by atoms with Gasteiger partial charge in [0, 0.05) is 12.6 Å². The van der Waals surface area contributed by atoms with E-state index in [1.807, 2.05) is 0 Å². The van der Waals surface area contributed by atoms with Gasteiger partial charge in [-0.1, -0.05) is 0 Å². The third-order valence-electron chi connectivity index (χ3n) is 3.50. The molecule has 0 saturated carbocycles. The predicted octanol–water partition coefficient (Wildman–Crippen LogP) is 0.970. The Morgan fingerprint density at radius 2 is 2.47 bits per heavy atom. The van der Waals surface area contributed by atoms with Crippen LogP contribution in [-0.2, 0) is 6.42 Å². The van der Waals surface area contributed by atoms with Crippen molar-refractivity contribution in [3.63, 3.8) is 0 Å². The molecule has 100 valence electrons. The number of carbonyl (C=O) groups is 1. The number of nitrogens with one attached hydrogen (secondary N) is 1. The fraction of sp³-hybridized carbons (Fsp3) is 0.462. The van der Waals surface area contributed by atoms with Gasteiger partial charge in [0.2, 0.25) is 0 Å². The van der Waals surface area contributed by atoms with Crippen LogP contribution in [0.25, 0.3) is 5.65 Å². The van der Waals surface area contributed by atoms with Gasteiger partial charge in [0.25, 0.3) is 0 Å². The summed E-state index contributed by atoms with van der Waals surface area (Å²) >= 11 is 0. The summed E-state index contributed by atoms with van der Waals surface area (Å²) in [5.41, 5.74) is 0.837. The van der Waals surface area contributed by atoms with E-state index in [1.165, 1.54) is 18.9 Å². The molecule has 0 radical (unpaired) electrons. The highest BCUT2D eigenvalue weighted by Crippen LogP contribution is 2.15. The Morgan fingerprint density at radius 1 is 1.58 bits per heavy atom. The lowest BCUT2D eigenvalue weighted by Gasteiger charge is -2.21. The zero-order valence-electron chi connectivity index (χ0n) is 10.5. The lowest BCUT2D eigenvalue weighted by Crippen LogP contribution is -2.31. The van der Waals surface area contributed by atoms with E-state index in [9.17, 15) is 4.79 Å². The number of aromatic nitrogens is 3. The van der Waals surface area contributed by atoms with Gasteiger partial charge in [-0.25, -0.2) is 14.3 Å². The summed E-state index contributed by atoms with van der Waals surface area (Å²) in [6.45, 7) is 2.10. The second-order valence-electron chi connectivity index (χ2n) is 4.97. The van der Waals surface area contributed by atoms with Gasteiger partial charge in [-0.05, 0) is 44.0 Å². The van der Waals surface area contributed by atoms with Crippen LogP contribution >= 0.6 is 0 Å². The number of rotatable bonds is 3. The van der Waals surface area contributed by atoms with E-state index < -0.39 is 5.97 Å². The zero-order chi connectivity index (χ0) is 13.2. The molecule has 0 aromatic carbocycles. The van der Waals surface area contributed by atoms with E-state index in [2.05, 4.69) is 15.4 Å². The molecule has 3 rings (SSSR count). The highest BCUT2D eigenvalue weighted by atomic mass is 16.4. The average Bonchev–Trinajstić information content (AvgIpc) is 2.80. The van der Waals surface area contributed by atoms with Crippen LogP contribution in [0, 0.1) is 5.92 Å². The zero-order valence-corrected chi connectivity index (χ0v) is 10.5. The maximum atomic E-state index is 10.9. The van der Waals surface area contributed by atoms with Crippen molar-refractivity contribution in [2.24, 2.45) is 5.92 Å². The molecule has 19 heavy (non-hydrogen) atoms. The predicted molar refractivity (Wildman–Crippen MR) is 69.2 cm³/mol. The minimum absolute atomic E-state index is 0.241. The van der Waals surface area contributed by atoms with Crippen LogP contribution in [0.1, 0.15) is 29.0 Å². The van der Waals surface area contributed by atoms with Gasteiger partial charge in [-0.3, -0.25) is 0 Å². The van der Waals surface area contributed by atoms with E-state index in [0.717, 1.165) is 25.3 Å². The largest absolute Gasteiger partial charge is 0.478 e. The highest BCUT2D eigenvalue weighted by Gasteiger charge is 2.16. The lowest BCUT2D eigenvalue weighted by molar-refractivity contribution is 0.0697. The van der Waals surface area contributed by atoms with Crippen molar-refractivity contribution in [3.05, 3.63) is 29.7 Å². The van der Waals surface area contributed by atoms with Crippen molar-refractivity contribution < 1.29 is 9.90 Å². The minimum atomic E-state index is -0.941. The van der Waals surface area contributed by atoms with Crippen LogP contribution in [0.5, 0.6) is 0 Å². The van der Waals surface area contributed by atoms with Crippen molar-refractivity contribution in [1.29, 1.82) is 0 Å². The van der Waals surface area contributed by atoms with Crippen LogP contribution in [0.15, 0.2) is 18.3 Å². The van der Waals surface area contributed by atoms with Gasteiger partial charge in [-0.15, -0.1) is 0 Å². The molecule has 2 N–H and O–H groups in total. The summed E-state index contributed by atoms with van der Waals surface area (Å²) in [4.78, 5) is 15.3. The van der Waals surface area contributed by atoms with E-state index in [0.29, 0.717) is 11.6 Å². The van der Waals surface area contributed by atoms with Gasteiger partial charge < -0.3 is 10.4 Å². The molecule has 0 aliphatic carbocycles. The Balaban J connectivity index is 1.82. The van der Waals surface area contributed by atoms with Crippen LogP contribution in [0.3, 0.4) is 0 Å². The lowest BCUT2D eigenvalue weighted by atomic mass is 9.96. The first-order chi connectivity index (χ1) is 9.22. The molecule has 0 spiro atoms. The Hall–Kier alpha value is -1.95. The van der Waals surface area contributed by atoms with E-state index in [4.69, 9.17) is 5.11 Å². The van der Waals surface area contributed by atoms with Crippen LogP contribution in [0.2, 0.25) is 0 Å². The van der Waals surface area contributed by atoms with Gasteiger partial charge >= 0.3 is 5.97 Å². The molecule has 3 heterocycles. The summed E-state index contributed by atoms with van der Waals surface area (Å²) in [5, 5.41) is 16.7. The monoisotopic (exact) mass is 260 g/mol. The van der Waals surface area contributed by atoms with Crippen molar-refractivity contribution in [2.75, 3.05) is 13.1 Å². The molecule has 1 atom stereocenters. The maximum absolute atomic E-state index is 10.9. The van der Waals surface area contributed by atoms with Gasteiger partial charge in [0.15, 0.2) is 11.5 Å².